The van der Waals surface area contributed by atoms with Crippen LogP contribution in [0.4, 0.5) is 0 Å². The third kappa shape index (κ3) is 4.99. The van der Waals surface area contributed by atoms with Crippen molar-refractivity contribution in [2.24, 2.45) is 0 Å². The topological polar surface area (TPSA) is 4.93 Å². The zero-order valence-corrected chi connectivity index (χ0v) is 29.2. The fraction of sp³-hybridized carbons (Fsp3) is 0. The van der Waals surface area contributed by atoms with Gasteiger partial charge in [-0.15, -0.1) is 11.3 Å². The highest BCUT2D eigenvalue weighted by Crippen LogP contribution is 2.51. The molecule has 2 heteroatoms. The number of thiophene rings is 1. The zero-order chi connectivity index (χ0) is 34.4. The minimum Gasteiger partial charge on any atom is -0.309 e. The predicted octanol–water partition coefficient (Wildman–Crippen LogP) is 14.3. The maximum absolute atomic E-state index is 2.45. The van der Waals surface area contributed by atoms with E-state index in [-0.39, 0.29) is 0 Å². The third-order valence-corrected chi connectivity index (χ3v) is 11.5. The molecular formula is C50H33NS. The zero-order valence-electron chi connectivity index (χ0n) is 28.4. The van der Waals surface area contributed by atoms with Gasteiger partial charge in [0, 0.05) is 48.1 Å². The van der Waals surface area contributed by atoms with Crippen LogP contribution >= 0.6 is 11.3 Å². The van der Waals surface area contributed by atoms with Crippen molar-refractivity contribution in [1.82, 2.24) is 4.57 Å². The molecule has 0 fully saturated rings. The molecule has 0 aliphatic carbocycles. The lowest BCUT2D eigenvalue weighted by Gasteiger charge is -2.18. The number of para-hydroxylation sites is 3. The molecule has 0 atom stereocenters. The molecule has 2 heterocycles. The highest BCUT2D eigenvalue weighted by molar-refractivity contribution is 7.21. The van der Waals surface area contributed by atoms with Gasteiger partial charge in [-0.25, -0.2) is 0 Å². The van der Waals surface area contributed by atoms with Gasteiger partial charge in [0.1, 0.15) is 0 Å². The molecular weight excluding hydrogens is 647 g/mol. The van der Waals surface area contributed by atoms with Crippen molar-refractivity contribution in [3.63, 3.8) is 0 Å². The predicted molar refractivity (Wildman–Crippen MR) is 223 cm³/mol. The molecule has 52 heavy (non-hydrogen) atoms. The first kappa shape index (κ1) is 30.4. The van der Waals surface area contributed by atoms with E-state index in [1.54, 1.807) is 0 Å². The molecule has 244 valence electrons. The molecule has 10 aromatic rings. The van der Waals surface area contributed by atoms with E-state index >= 15 is 0 Å². The van der Waals surface area contributed by atoms with Gasteiger partial charge in [-0.3, -0.25) is 0 Å². The van der Waals surface area contributed by atoms with Gasteiger partial charge in [-0.1, -0.05) is 176 Å². The average molecular weight is 680 g/mol. The molecule has 8 aromatic carbocycles. The molecule has 0 unspecified atom stereocenters. The molecule has 0 N–H and O–H groups in total. The standard InChI is InChI=1S/C50H33NS/c1-4-17-34(18-5-1)36-21-14-22-37(33-36)49-44-26-10-11-27-45(44)50(52-49)47-39(35-19-6-2-7-20-35)28-15-29-41(47)43-31-16-30-42-40-25-12-13-32-46(40)51(48(42)43)38-23-8-3-9-24-38/h1-33H. The smallest absolute Gasteiger partial charge is 0.0619 e. The summed E-state index contributed by atoms with van der Waals surface area (Å²) < 4.78 is 2.45. The van der Waals surface area contributed by atoms with Crippen molar-refractivity contribution in [1.29, 1.82) is 0 Å². The van der Waals surface area contributed by atoms with E-state index < -0.39 is 0 Å². The molecule has 0 amide bonds. The van der Waals surface area contributed by atoms with Crippen molar-refractivity contribution in [2.45, 2.75) is 0 Å². The third-order valence-electron chi connectivity index (χ3n) is 10.2. The normalized spacial score (nSPS) is 11.5. The molecule has 0 aliphatic heterocycles. The van der Waals surface area contributed by atoms with Crippen LogP contribution in [-0.2, 0) is 0 Å². The molecule has 0 saturated heterocycles. The van der Waals surface area contributed by atoms with Crippen LogP contribution < -0.4 is 0 Å². The Hall–Kier alpha value is -6.48. The summed E-state index contributed by atoms with van der Waals surface area (Å²) in [6.45, 7) is 0. The van der Waals surface area contributed by atoms with E-state index in [0.29, 0.717) is 0 Å². The van der Waals surface area contributed by atoms with Crippen LogP contribution in [0.2, 0.25) is 0 Å². The molecule has 0 spiro atoms. The van der Waals surface area contributed by atoms with Gasteiger partial charge in [0.2, 0.25) is 0 Å². The Labute approximate surface area is 307 Å². The lowest BCUT2D eigenvalue weighted by atomic mass is 9.89. The monoisotopic (exact) mass is 679 g/mol. The van der Waals surface area contributed by atoms with Gasteiger partial charge >= 0.3 is 0 Å². The Kier molecular flexibility index (Phi) is 7.41. The highest BCUT2D eigenvalue weighted by atomic mass is 32.1. The van der Waals surface area contributed by atoms with Crippen LogP contribution in [0.3, 0.4) is 0 Å². The number of hydrogen-bond donors (Lipinski definition) is 0. The molecule has 0 saturated carbocycles. The summed E-state index contributed by atoms with van der Waals surface area (Å²) in [5, 5.41) is 5.06. The lowest BCUT2D eigenvalue weighted by Crippen LogP contribution is -1.96. The first-order valence-electron chi connectivity index (χ1n) is 17.8. The quantitative estimate of drug-likeness (QED) is 0.165. The second-order valence-corrected chi connectivity index (χ2v) is 14.3. The van der Waals surface area contributed by atoms with Gasteiger partial charge in [0.25, 0.3) is 0 Å². The Morgan fingerprint density at radius 3 is 1.62 bits per heavy atom. The number of fused-ring (bicyclic) bond motifs is 4. The van der Waals surface area contributed by atoms with Gasteiger partial charge in [-0.2, -0.15) is 0 Å². The fourth-order valence-corrected chi connectivity index (χ4v) is 9.27. The van der Waals surface area contributed by atoms with E-state index in [1.165, 1.54) is 86.8 Å². The van der Waals surface area contributed by atoms with E-state index in [0.717, 1.165) is 5.69 Å². The van der Waals surface area contributed by atoms with E-state index in [1.807, 2.05) is 11.3 Å². The van der Waals surface area contributed by atoms with Crippen molar-refractivity contribution in [3.8, 4) is 59.9 Å². The number of hydrogen-bond acceptors (Lipinski definition) is 1. The summed E-state index contributed by atoms with van der Waals surface area (Å²) in [6, 6.07) is 72.8. The maximum Gasteiger partial charge on any atom is 0.0619 e. The minimum absolute atomic E-state index is 1.16. The van der Waals surface area contributed by atoms with Crippen LogP contribution in [-0.4, -0.2) is 4.57 Å². The summed E-state index contributed by atoms with van der Waals surface area (Å²) >= 11 is 1.90. The molecule has 2 aromatic heterocycles. The second kappa shape index (κ2) is 12.7. The Balaban J connectivity index is 1.29. The van der Waals surface area contributed by atoms with E-state index in [9.17, 15) is 0 Å². The summed E-state index contributed by atoms with van der Waals surface area (Å²) in [4.78, 5) is 2.57. The van der Waals surface area contributed by atoms with Crippen LogP contribution in [0.5, 0.6) is 0 Å². The van der Waals surface area contributed by atoms with Gasteiger partial charge < -0.3 is 4.57 Å². The summed E-state index contributed by atoms with van der Waals surface area (Å²) in [7, 11) is 0. The number of nitrogens with zero attached hydrogens (tertiary/aromatic N) is 1. The van der Waals surface area contributed by atoms with E-state index in [2.05, 4.69) is 205 Å². The van der Waals surface area contributed by atoms with Crippen molar-refractivity contribution >= 4 is 43.9 Å². The van der Waals surface area contributed by atoms with Crippen molar-refractivity contribution in [2.75, 3.05) is 0 Å². The van der Waals surface area contributed by atoms with Gasteiger partial charge in [0.15, 0.2) is 0 Å². The van der Waals surface area contributed by atoms with Crippen LogP contribution in [0.15, 0.2) is 200 Å². The summed E-state index contributed by atoms with van der Waals surface area (Å²) in [6.07, 6.45) is 0. The largest absolute Gasteiger partial charge is 0.309 e. The van der Waals surface area contributed by atoms with Crippen molar-refractivity contribution < 1.29 is 0 Å². The van der Waals surface area contributed by atoms with Gasteiger partial charge in [-0.05, 0) is 57.6 Å². The van der Waals surface area contributed by atoms with Crippen LogP contribution in [0.25, 0.3) is 92.5 Å². The van der Waals surface area contributed by atoms with Crippen molar-refractivity contribution in [3.05, 3.63) is 200 Å². The highest BCUT2D eigenvalue weighted by Gasteiger charge is 2.24. The second-order valence-electron chi connectivity index (χ2n) is 13.2. The molecule has 10 rings (SSSR count). The SMILES string of the molecule is c1ccc(-c2cccc(-c3sc(-c4c(-c5ccccc5)cccc4-c4cccc5c6ccccc6n(-c6ccccc6)c45)c4ccccc34)c2)cc1. The average Bonchev–Trinajstić information content (AvgIpc) is 3.78. The maximum atomic E-state index is 2.45. The van der Waals surface area contributed by atoms with Crippen LogP contribution in [0, 0.1) is 0 Å². The lowest BCUT2D eigenvalue weighted by molar-refractivity contribution is 1.18. The molecule has 0 aliphatic rings. The summed E-state index contributed by atoms with van der Waals surface area (Å²) in [5.74, 6) is 0. The van der Waals surface area contributed by atoms with Crippen LogP contribution in [0.1, 0.15) is 0 Å². The Morgan fingerprint density at radius 2 is 0.846 bits per heavy atom. The Morgan fingerprint density at radius 1 is 0.327 bits per heavy atom. The fourth-order valence-electron chi connectivity index (χ4n) is 7.92. The Bertz CT molecular complexity index is 2880. The number of aromatic nitrogens is 1. The first-order valence-corrected chi connectivity index (χ1v) is 18.6. The number of rotatable bonds is 6. The molecule has 0 radical (unpaired) electrons. The van der Waals surface area contributed by atoms with Gasteiger partial charge in [0.05, 0.1) is 11.0 Å². The molecule has 1 nitrogen and oxygen atoms in total. The summed E-state index contributed by atoms with van der Waals surface area (Å²) in [5.41, 5.74) is 13.4. The minimum atomic E-state index is 1.16. The first-order chi connectivity index (χ1) is 25.8. The number of benzene rings is 8. The molecule has 0 bridgehead atoms. The van der Waals surface area contributed by atoms with E-state index in [4.69, 9.17) is 0 Å².